The molecule has 1 aromatic rings. The Morgan fingerprint density at radius 2 is 2.11 bits per heavy atom. The second-order valence-corrected chi connectivity index (χ2v) is 4.96. The van der Waals surface area contributed by atoms with E-state index in [1.54, 1.807) is 0 Å². The van der Waals surface area contributed by atoms with E-state index in [9.17, 15) is 0 Å². The summed E-state index contributed by atoms with van der Waals surface area (Å²) in [6, 6.07) is 1.93. The van der Waals surface area contributed by atoms with Gasteiger partial charge in [0.2, 0.25) is 0 Å². The monoisotopic (exact) mass is 264 g/mol. The highest BCUT2D eigenvalue weighted by molar-refractivity contribution is 5.47. The molecule has 0 bridgehead atoms. The van der Waals surface area contributed by atoms with Gasteiger partial charge < -0.3 is 15.4 Å². The fourth-order valence-corrected chi connectivity index (χ4v) is 1.80. The number of aryl methyl sites for hydroxylation is 1. The van der Waals surface area contributed by atoms with Gasteiger partial charge in [0.15, 0.2) is 0 Å². The van der Waals surface area contributed by atoms with Crippen molar-refractivity contribution in [2.75, 3.05) is 37.4 Å². The van der Waals surface area contributed by atoms with Crippen molar-refractivity contribution in [1.82, 2.24) is 9.97 Å². The summed E-state index contributed by atoms with van der Waals surface area (Å²) in [6.45, 7) is 4.71. The topological polar surface area (TPSA) is 59.1 Å². The van der Waals surface area contributed by atoms with Gasteiger partial charge in [-0.1, -0.05) is 6.92 Å². The molecule has 0 saturated heterocycles. The van der Waals surface area contributed by atoms with Crippen LogP contribution in [0.25, 0.3) is 0 Å². The first kappa shape index (κ1) is 14.1. The maximum absolute atomic E-state index is 5.60. The minimum Gasteiger partial charge on any atom is -0.381 e. The van der Waals surface area contributed by atoms with Crippen LogP contribution in [0.2, 0.25) is 0 Å². The standard InChI is InChI=1S/C14H24N4O/c1-3-12-17-13(15-2)9-14(18-12)16-7-4-8-19-10-11-5-6-11/h9,11H,3-8,10H2,1-2H3,(H2,15,16,17,18). The number of hydrogen-bond acceptors (Lipinski definition) is 5. The summed E-state index contributed by atoms with van der Waals surface area (Å²) in [5, 5.41) is 6.38. The highest BCUT2D eigenvalue weighted by Crippen LogP contribution is 2.28. The summed E-state index contributed by atoms with van der Waals surface area (Å²) in [7, 11) is 1.87. The van der Waals surface area contributed by atoms with Gasteiger partial charge in [0.25, 0.3) is 0 Å². The van der Waals surface area contributed by atoms with Crippen LogP contribution < -0.4 is 10.6 Å². The van der Waals surface area contributed by atoms with Crippen molar-refractivity contribution in [1.29, 1.82) is 0 Å². The summed E-state index contributed by atoms with van der Waals surface area (Å²) in [5.74, 6) is 3.46. The molecule has 0 radical (unpaired) electrons. The molecule has 1 fully saturated rings. The Labute approximate surface area is 115 Å². The van der Waals surface area contributed by atoms with Gasteiger partial charge in [-0.05, 0) is 25.2 Å². The molecule has 1 aliphatic rings. The Bertz CT molecular complexity index is 371. The molecule has 0 spiro atoms. The van der Waals surface area contributed by atoms with E-state index >= 15 is 0 Å². The van der Waals surface area contributed by atoms with E-state index in [-0.39, 0.29) is 0 Å². The Morgan fingerprint density at radius 3 is 2.79 bits per heavy atom. The van der Waals surface area contributed by atoms with E-state index in [4.69, 9.17) is 4.74 Å². The second kappa shape index (κ2) is 7.28. The maximum atomic E-state index is 5.60. The van der Waals surface area contributed by atoms with Gasteiger partial charge in [0.1, 0.15) is 17.5 Å². The van der Waals surface area contributed by atoms with Crippen LogP contribution in [0.5, 0.6) is 0 Å². The van der Waals surface area contributed by atoms with Crippen LogP contribution in [0.1, 0.15) is 32.0 Å². The van der Waals surface area contributed by atoms with Crippen LogP contribution >= 0.6 is 0 Å². The van der Waals surface area contributed by atoms with E-state index in [2.05, 4.69) is 27.5 Å². The lowest BCUT2D eigenvalue weighted by Gasteiger charge is -2.09. The van der Waals surface area contributed by atoms with E-state index in [0.29, 0.717) is 0 Å². The third-order valence-corrected chi connectivity index (χ3v) is 3.17. The van der Waals surface area contributed by atoms with E-state index in [1.165, 1.54) is 12.8 Å². The molecule has 1 saturated carbocycles. The summed E-state index contributed by atoms with van der Waals surface area (Å²) < 4.78 is 5.60. The number of aromatic nitrogens is 2. The zero-order valence-corrected chi connectivity index (χ0v) is 11.9. The van der Waals surface area contributed by atoms with Crippen LogP contribution in [-0.4, -0.2) is 36.8 Å². The molecular weight excluding hydrogens is 240 g/mol. The molecule has 0 amide bonds. The molecule has 2 rings (SSSR count). The van der Waals surface area contributed by atoms with Crippen molar-refractivity contribution in [2.24, 2.45) is 5.92 Å². The van der Waals surface area contributed by atoms with Gasteiger partial charge in [-0.15, -0.1) is 0 Å². The van der Waals surface area contributed by atoms with Gasteiger partial charge in [0.05, 0.1) is 0 Å². The van der Waals surface area contributed by atoms with Crippen molar-refractivity contribution in [3.8, 4) is 0 Å². The third-order valence-electron chi connectivity index (χ3n) is 3.17. The Hall–Kier alpha value is -1.36. The van der Waals surface area contributed by atoms with Crippen molar-refractivity contribution >= 4 is 11.6 Å². The molecule has 0 aromatic carbocycles. The van der Waals surface area contributed by atoms with Crippen molar-refractivity contribution < 1.29 is 4.74 Å². The predicted molar refractivity (Wildman–Crippen MR) is 77.6 cm³/mol. The van der Waals surface area contributed by atoms with Crippen molar-refractivity contribution in [3.05, 3.63) is 11.9 Å². The van der Waals surface area contributed by atoms with Crippen LogP contribution in [0.3, 0.4) is 0 Å². The SMILES string of the molecule is CCc1nc(NC)cc(NCCCOCC2CC2)n1. The first-order chi connectivity index (χ1) is 9.31. The maximum Gasteiger partial charge on any atom is 0.132 e. The van der Waals surface area contributed by atoms with E-state index < -0.39 is 0 Å². The molecule has 0 atom stereocenters. The fraction of sp³-hybridized carbons (Fsp3) is 0.714. The quantitative estimate of drug-likeness (QED) is 0.670. The van der Waals surface area contributed by atoms with E-state index in [0.717, 1.165) is 56.0 Å². The van der Waals surface area contributed by atoms with Crippen molar-refractivity contribution in [3.63, 3.8) is 0 Å². The Kier molecular flexibility index (Phi) is 5.39. The summed E-state index contributed by atoms with van der Waals surface area (Å²) in [4.78, 5) is 8.82. The lowest BCUT2D eigenvalue weighted by atomic mass is 10.4. The molecule has 5 nitrogen and oxygen atoms in total. The van der Waals surface area contributed by atoms with Crippen molar-refractivity contribution in [2.45, 2.75) is 32.6 Å². The summed E-state index contributed by atoms with van der Waals surface area (Å²) in [6.07, 6.45) is 4.55. The normalized spacial score (nSPS) is 14.4. The van der Waals surface area contributed by atoms with Gasteiger partial charge >= 0.3 is 0 Å². The Morgan fingerprint density at radius 1 is 1.32 bits per heavy atom. The fourth-order valence-electron chi connectivity index (χ4n) is 1.80. The number of rotatable bonds is 9. The van der Waals surface area contributed by atoms with Gasteiger partial charge in [-0.2, -0.15) is 0 Å². The van der Waals surface area contributed by atoms with Gasteiger partial charge in [-0.3, -0.25) is 0 Å². The van der Waals surface area contributed by atoms with Gasteiger partial charge in [-0.25, -0.2) is 9.97 Å². The van der Waals surface area contributed by atoms with Gasteiger partial charge in [0, 0.05) is 39.3 Å². The third kappa shape index (κ3) is 5.03. The minimum atomic E-state index is 0.827. The average molecular weight is 264 g/mol. The molecule has 0 aliphatic heterocycles. The highest BCUT2D eigenvalue weighted by Gasteiger charge is 2.20. The first-order valence-corrected chi connectivity index (χ1v) is 7.19. The number of anilines is 2. The molecule has 1 aliphatic carbocycles. The zero-order chi connectivity index (χ0) is 13.5. The number of nitrogens with one attached hydrogen (secondary N) is 2. The van der Waals surface area contributed by atoms with Crippen LogP contribution in [0.15, 0.2) is 6.07 Å². The lowest BCUT2D eigenvalue weighted by Crippen LogP contribution is -2.10. The highest BCUT2D eigenvalue weighted by atomic mass is 16.5. The molecule has 0 unspecified atom stereocenters. The smallest absolute Gasteiger partial charge is 0.132 e. The lowest BCUT2D eigenvalue weighted by molar-refractivity contribution is 0.124. The zero-order valence-electron chi connectivity index (χ0n) is 11.9. The average Bonchev–Trinajstić information content (AvgIpc) is 3.26. The molecule has 19 heavy (non-hydrogen) atoms. The molecule has 5 heteroatoms. The molecular formula is C14H24N4O. The minimum absolute atomic E-state index is 0.827. The predicted octanol–water partition coefficient (Wildman–Crippen LogP) is 2.31. The molecule has 2 N–H and O–H groups in total. The number of nitrogens with zero attached hydrogens (tertiary/aromatic N) is 2. The summed E-state index contributed by atoms with van der Waals surface area (Å²) in [5.41, 5.74) is 0. The largest absolute Gasteiger partial charge is 0.381 e. The van der Waals surface area contributed by atoms with Crippen LogP contribution in [0, 0.1) is 5.92 Å². The van der Waals surface area contributed by atoms with E-state index in [1.807, 2.05) is 13.1 Å². The van der Waals surface area contributed by atoms with Crippen LogP contribution in [0.4, 0.5) is 11.6 Å². The first-order valence-electron chi connectivity index (χ1n) is 7.19. The number of ether oxygens (including phenoxy) is 1. The molecule has 1 heterocycles. The molecule has 1 aromatic heterocycles. The second-order valence-electron chi connectivity index (χ2n) is 4.96. The molecule has 106 valence electrons. The number of hydrogen-bond donors (Lipinski definition) is 2. The summed E-state index contributed by atoms with van der Waals surface area (Å²) >= 11 is 0. The van der Waals surface area contributed by atoms with Crippen LogP contribution in [-0.2, 0) is 11.2 Å². The Balaban J connectivity index is 1.68.